The molecular formula is C21H18N4O2. The van der Waals surface area contributed by atoms with Gasteiger partial charge in [0.25, 0.3) is 5.56 Å². The lowest BCUT2D eigenvalue weighted by molar-refractivity contribution is -0.116. The first-order valence-electron chi connectivity index (χ1n) is 8.57. The minimum absolute atomic E-state index is 0.0790. The minimum atomic E-state index is -0.317. The second-order valence-electron chi connectivity index (χ2n) is 6.32. The van der Waals surface area contributed by atoms with Crippen molar-refractivity contribution in [2.75, 3.05) is 5.32 Å². The summed E-state index contributed by atoms with van der Waals surface area (Å²) in [6.07, 6.45) is 4.80. The van der Waals surface area contributed by atoms with Crippen molar-refractivity contribution in [3.63, 3.8) is 0 Å². The minimum Gasteiger partial charge on any atom is -0.350 e. The Labute approximate surface area is 155 Å². The van der Waals surface area contributed by atoms with E-state index in [0.29, 0.717) is 5.69 Å². The molecule has 1 amide bonds. The number of aryl methyl sites for hydroxylation is 1. The van der Waals surface area contributed by atoms with E-state index < -0.39 is 0 Å². The highest BCUT2D eigenvalue weighted by Gasteiger charge is 2.10. The molecule has 0 spiro atoms. The van der Waals surface area contributed by atoms with Crippen molar-refractivity contribution >= 4 is 22.5 Å². The third-order valence-corrected chi connectivity index (χ3v) is 4.46. The van der Waals surface area contributed by atoms with Crippen LogP contribution in [0.3, 0.4) is 0 Å². The van der Waals surface area contributed by atoms with Crippen LogP contribution in [0.25, 0.3) is 22.2 Å². The van der Waals surface area contributed by atoms with Gasteiger partial charge in [-0.25, -0.2) is 4.98 Å². The number of nitrogens with zero attached hydrogens (tertiary/aromatic N) is 3. The number of aromatic nitrogens is 3. The van der Waals surface area contributed by atoms with Gasteiger partial charge in [-0.1, -0.05) is 36.4 Å². The summed E-state index contributed by atoms with van der Waals surface area (Å²) in [5, 5.41) is 3.86. The summed E-state index contributed by atoms with van der Waals surface area (Å²) in [5.41, 5.74) is 2.97. The van der Waals surface area contributed by atoms with Crippen LogP contribution in [-0.2, 0) is 18.4 Å². The molecule has 0 radical (unpaired) electrons. The second-order valence-corrected chi connectivity index (χ2v) is 6.32. The molecule has 0 atom stereocenters. The molecule has 4 rings (SSSR count). The number of fused-ring (bicyclic) bond motifs is 1. The topological polar surface area (TPSA) is 68.9 Å². The molecule has 134 valence electrons. The van der Waals surface area contributed by atoms with Gasteiger partial charge in [-0.3, -0.25) is 9.59 Å². The molecule has 2 heterocycles. The van der Waals surface area contributed by atoms with Gasteiger partial charge in [-0.05, 0) is 18.2 Å². The number of nitrogens with one attached hydrogen (secondary N) is 1. The predicted octanol–water partition coefficient (Wildman–Crippen LogP) is 3.04. The van der Waals surface area contributed by atoms with Crippen LogP contribution < -0.4 is 10.9 Å². The molecule has 2 aromatic heterocycles. The molecule has 4 aromatic rings. The van der Waals surface area contributed by atoms with E-state index in [1.165, 1.54) is 10.8 Å². The number of rotatable bonds is 4. The third kappa shape index (κ3) is 3.37. The van der Waals surface area contributed by atoms with Crippen molar-refractivity contribution in [3.8, 4) is 11.3 Å². The standard InChI is InChI=1S/C21H18N4O2/c1-24-11-10-16-17(8-5-9-19(16)24)23-20(26)14-25-13-18(22-12-21(25)27)15-6-3-2-4-7-15/h2-13H,14H2,1H3,(H,23,26). The van der Waals surface area contributed by atoms with E-state index in [0.717, 1.165) is 22.2 Å². The monoisotopic (exact) mass is 358 g/mol. The quantitative estimate of drug-likeness (QED) is 0.610. The molecule has 0 fully saturated rings. The van der Waals surface area contributed by atoms with Crippen LogP contribution >= 0.6 is 0 Å². The number of carbonyl (C=O) groups excluding carboxylic acids is 1. The molecule has 0 aliphatic carbocycles. The van der Waals surface area contributed by atoms with Crippen molar-refractivity contribution in [1.82, 2.24) is 14.1 Å². The summed E-state index contributed by atoms with van der Waals surface area (Å²) in [5.74, 6) is -0.265. The SMILES string of the molecule is Cn1ccc2c(NC(=O)Cn3cc(-c4ccccc4)ncc3=O)cccc21. The Morgan fingerprint density at radius 1 is 1.07 bits per heavy atom. The van der Waals surface area contributed by atoms with Crippen LogP contribution in [0.1, 0.15) is 0 Å². The largest absolute Gasteiger partial charge is 0.350 e. The molecule has 0 unspecified atom stereocenters. The molecule has 6 heteroatoms. The zero-order valence-corrected chi connectivity index (χ0v) is 14.8. The van der Waals surface area contributed by atoms with Crippen molar-refractivity contribution in [1.29, 1.82) is 0 Å². The number of anilines is 1. The summed E-state index contributed by atoms with van der Waals surface area (Å²) < 4.78 is 3.36. The lowest BCUT2D eigenvalue weighted by Gasteiger charge is -2.10. The molecule has 0 aliphatic rings. The van der Waals surface area contributed by atoms with Crippen molar-refractivity contribution in [2.45, 2.75) is 6.54 Å². The Morgan fingerprint density at radius 2 is 1.89 bits per heavy atom. The van der Waals surface area contributed by atoms with Gasteiger partial charge in [0.1, 0.15) is 6.54 Å². The number of hydrogen-bond donors (Lipinski definition) is 1. The molecule has 1 N–H and O–H groups in total. The molecule has 0 aliphatic heterocycles. The zero-order valence-electron chi connectivity index (χ0n) is 14.8. The number of benzene rings is 2. The van der Waals surface area contributed by atoms with E-state index in [2.05, 4.69) is 10.3 Å². The van der Waals surface area contributed by atoms with E-state index in [4.69, 9.17) is 0 Å². The van der Waals surface area contributed by atoms with Crippen molar-refractivity contribution < 1.29 is 4.79 Å². The van der Waals surface area contributed by atoms with Crippen LogP contribution in [0.4, 0.5) is 5.69 Å². The summed E-state index contributed by atoms with van der Waals surface area (Å²) in [6, 6.07) is 17.2. The molecule has 0 saturated carbocycles. The fraction of sp³-hybridized carbons (Fsp3) is 0.0952. The Hall–Kier alpha value is -3.67. The van der Waals surface area contributed by atoms with Gasteiger partial charge in [0, 0.05) is 35.9 Å². The van der Waals surface area contributed by atoms with E-state index in [1.54, 1.807) is 6.20 Å². The van der Waals surface area contributed by atoms with Crippen molar-refractivity contribution in [2.24, 2.45) is 7.05 Å². The third-order valence-electron chi connectivity index (χ3n) is 4.46. The maximum absolute atomic E-state index is 12.5. The maximum atomic E-state index is 12.5. The maximum Gasteiger partial charge on any atom is 0.269 e. The van der Waals surface area contributed by atoms with Gasteiger partial charge in [-0.15, -0.1) is 0 Å². The fourth-order valence-corrected chi connectivity index (χ4v) is 3.08. The Bertz CT molecular complexity index is 1180. The van der Waals surface area contributed by atoms with Crippen LogP contribution in [0.5, 0.6) is 0 Å². The lowest BCUT2D eigenvalue weighted by Crippen LogP contribution is -2.27. The highest BCUT2D eigenvalue weighted by Crippen LogP contribution is 2.23. The van der Waals surface area contributed by atoms with Gasteiger partial charge in [0.15, 0.2) is 0 Å². The lowest BCUT2D eigenvalue weighted by atomic mass is 10.2. The van der Waals surface area contributed by atoms with Gasteiger partial charge < -0.3 is 14.5 Å². The molecule has 0 bridgehead atoms. The van der Waals surface area contributed by atoms with Gasteiger partial charge in [0.2, 0.25) is 5.91 Å². The number of carbonyl (C=O) groups is 1. The van der Waals surface area contributed by atoms with E-state index in [9.17, 15) is 9.59 Å². The first kappa shape index (κ1) is 16.8. The van der Waals surface area contributed by atoms with E-state index in [1.807, 2.05) is 72.4 Å². The highest BCUT2D eigenvalue weighted by molar-refractivity contribution is 6.01. The van der Waals surface area contributed by atoms with Gasteiger partial charge >= 0.3 is 0 Å². The number of hydrogen-bond acceptors (Lipinski definition) is 3. The normalized spacial score (nSPS) is 10.9. The molecular weight excluding hydrogens is 340 g/mol. The molecule has 0 saturated heterocycles. The molecule has 27 heavy (non-hydrogen) atoms. The van der Waals surface area contributed by atoms with Crippen LogP contribution in [0, 0.1) is 0 Å². The van der Waals surface area contributed by atoms with Crippen LogP contribution in [0.15, 0.2) is 78.0 Å². The second kappa shape index (κ2) is 6.92. The van der Waals surface area contributed by atoms with E-state index in [-0.39, 0.29) is 18.0 Å². The first-order chi connectivity index (χ1) is 13.1. The summed E-state index contributed by atoms with van der Waals surface area (Å²) in [6.45, 7) is -0.0790. The fourth-order valence-electron chi connectivity index (χ4n) is 3.08. The summed E-state index contributed by atoms with van der Waals surface area (Å²) in [7, 11) is 1.95. The first-order valence-corrected chi connectivity index (χ1v) is 8.57. The average molecular weight is 358 g/mol. The average Bonchev–Trinajstić information content (AvgIpc) is 3.06. The van der Waals surface area contributed by atoms with Gasteiger partial charge in [0.05, 0.1) is 17.6 Å². The Morgan fingerprint density at radius 3 is 2.70 bits per heavy atom. The highest BCUT2D eigenvalue weighted by atomic mass is 16.2. The predicted molar refractivity (Wildman–Crippen MR) is 105 cm³/mol. The van der Waals surface area contributed by atoms with Crippen molar-refractivity contribution in [3.05, 3.63) is 83.5 Å². The molecule has 2 aromatic carbocycles. The smallest absolute Gasteiger partial charge is 0.269 e. The number of amides is 1. The van der Waals surface area contributed by atoms with Gasteiger partial charge in [-0.2, -0.15) is 0 Å². The van der Waals surface area contributed by atoms with E-state index >= 15 is 0 Å². The van der Waals surface area contributed by atoms with Crippen LogP contribution in [0.2, 0.25) is 0 Å². The summed E-state index contributed by atoms with van der Waals surface area (Å²) in [4.78, 5) is 28.8. The Balaban J connectivity index is 1.58. The zero-order chi connectivity index (χ0) is 18.8. The van der Waals surface area contributed by atoms with Crippen LogP contribution in [-0.4, -0.2) is 20.0 Å². The summed E-state index contributed by atoms with van der Waals surface area (Å²) >= 11 is 0. The molecule has 6 nitrogen and oxygen atoms in total. The Kier molecular flexibility index (Phi) is 4.30.